The van der Waals surface area contributed by atoms with Gasteiger partial charge in [-0.2, -0.15) is 0 Å². The van der Waals surface area contributed by atoms with Crippen molar-refractivity contribution in [3.05, 3.63) is 109 Å². The third-order valence-corrected chi connectivity index (χ3v) is 6.99. The Bertz CT molecular complexity index is 1160. The van der Waals surface area contributed by atoms with Crippen LogP contribution in [-0.2, 0) is 4.89 Å². The molecule has 3 atom stereocenters. The summed E-state index contributed by atoms with van der Waals surface area (Å²) in [5.41, 5.74) is 5.42. The summed E-state index contributed by atoms with van der Waals surface area (Å²) >= 11 is 0. The predicted molar refractivity (Wildman–Crippen MR) is 153 cm³/mol. The monoisotopic (exact) mass is 494 g/mol. The maximum absolute atomic E-state index is 6.06. The van der Waals surface area contributed by atoms with Crippen LogP contribution < -0.4 is 9.62 Å². The lowest BCUT2D eigenvalue weighted by Crippen LogP contribution is -2.19. The predicted octanol–water partition coefficient (Wildman–Crippen LogP) is 9.69. The molecule has 0 radical (unpaired) electrons. The van der Waals surface area contributed by atoms with Crippen LogP contribution in [0, 0.1) is 5.92 Å². The molecule has 0 saturated carbocycles. The lowest BCUT2D eigenvalue weighted by molar-refractivity contribution is -0.288. The summed E-state index contributed by atoms with van der Waals surface area (Å²) in [5.74, 6) is 2.67. The fourth-order valence-corrected chi connectivity index (χ4v) is 4.81. The van der Waals surface area contributed by atoms with Crippen molar-refractivity contribution in [3.8, 4) is 33.8 Å². The van der Waals surface area contributed by atoms with E-state index in [0.29, 0.717) is 17.6 Å². The fraction of sp³-hybridized carbons (Fsp3) is 0.294. The summed E-state index contributed by atoms with van der Waals surface area (Å²) in [6, 6.07) is 35.0. The summed E-state index contributed by atoms with van der Waals surface area (Å²) < 4.78 is 6.06. The van der Waals surface area contributed by atoms with Gasteiger partial charge < -0.3 is 9.62 Å². The largest absolute Gasteiger partial charge is 0.461 e. The lowest BCUT2D eigenvalue weighted by Gasteiger charge is -2.23. The SMILES string of the molecule is CCCC(c1ccc(OC(C)OOc2c(-c3ccccc3)cccc2-c2ccccc2)cc1)C(C)CC. The van der Waals surface area contributed by atoms with Crippen molar-refractivity contribution in [1.29, 1.82) is 0 Å². The molecule has 0 aliphatic rings. The fourth-order valence-electron chi connectivity index (χ4n) is 4.81. The summed E-state index contributed by atoms with van der Waals surface area (Å²) in [6.45, 7) is 8.71. The van der Waals surface area contributed by atoms with Crippen molar-refractivity contribution >= 4 is 0 Å². The van der Waals surface area contributed by atoms with E-state index < -0.39 is 6.29 Å². The normalized spacial score (nSPS) is 13.5. The van der Waals surface area contributed by atoms with Gasteiger partial charge in [-0.3, -0.25) is 0 Å². The minimum atomic E-state index is -0.598. The second kappa shape index (κ2) is 13.1. The second-order valence-corrected chi connectivity index (χ2v) is 9.63. The highest BCUT2D eigenvalue weighted by atomic mass is 17.2. The Morgan fingerprint density at radius 2 is 1.22 bits per heavy atom. The number of benzene rings is 4. The minimum absolute atomic E-state index is 0.576. The van der Waals surface area contributed by atoms with Crippen LogP contribution in [0.4, 0.5) is 0 Å². The Morgan fingerprint density at radius 3 is 1.73 bits per heavy atom. The Labute approximate surface area is 222 Å². The Kier molecular flexibility index (Phi) is 9.40. The first-order valence-corrected chi connectivity index (χ1v) is 13.4. The van der Waals surface area contributed by atoms with E-state index in [1.165, 1.54) is 24.8 Å². The van der Waals surface area contributed by atoms with E-state index in [-0.39, 0.29) is 0 Å². The van der Waals surface area contributed by atoms with Gasteiger partial charge >= 0.3 is 0 Å². The van der Waals surface area contributed by atoms with E-state index in [9.17, 15) is 0 Å². The highest BCUT2D eigenvalue weighted by molar-refractivity contribution is 5.82. The molecule has 0 aromatic heterocycles. The molecule has 0 spiro atoms. The van der Waals surface area contributed by atoms with Gasteiger partial charge in [0.1, 0.15) is 5.75 Å². The summed E-state index contributed by atoms with van der Waals surface area (Å²) in [7, 11) is 0. The molecule has 0 amide bonds. The smallest absolute Gasteiger partial charge is 0.239 e. The van der Waals surface area contributed by atoms with Gasteiger partial charge in [0.15, 0.2) is 5.75 Å². The zero-order valence-electron chi connectivity index (χ0n) is 22.4. The van der Waals surface area contributed by atoms with Crippen LogP contribution in [0.2, 0.25) is 0 Å². The van der Waals surface area contributed by atoms with E-state index in [4.69, 9.17) is 14.5 Å². The molecule has 4 aromatic carbocycles. The molecule has 192 valence electrons. The van der Waals surface area contributed by atoms with Crippen LogP contribution in [0.5, 0.6) is 11.5 Å². The molecule has 0 saturated heterocycles. The number of hydrogen-bond acceptors (Lipinski definition) is 3. The third kappa shape index (κ3) is 6.81. The standard InChI is InChI=1S/C34H38O3/c1-5-14-31(25(3)6-2)29-21-23-30(24-22-29)35-26(4)36-37-34-32(27-15-9-7-10-16-27)19-13-20-33(34)28-17-11-8-12-18-28/h7-13,15-26,31H,5-6,14H2,1-4H3. The molecule has 3 unspecified atom stereocenters. The van der Waals surface area contributed by atoms with Crippen molar-refractivity contribution in [1.82, 2.24) is 0 Å². The first kappa shape index (κ1) is 26.5. The first-order chi connectivity index (χ1) is 18.1. The summed E-state index contributed by atoms with van der Waals surface area (Å²) in [4.78, 5) is 11.8. The van der Waals surface area contributed by atoms with Crippen molar-refractivity contribution in [2.75, 3.05) is 0 Å². The molecule has 0 aliphatic heterocycles. The number of ether oxygens (including phenoxy) is 1. The van der Waals surface area contributed by atoms with Gasteiger partial charge in [0.25, 0.3) is 0 Å². The molecule has 4 aromatic rings. The number of hydrogen-bond donors (Lipinski definition) is 0. The molecular weight excluding hydrogens is 456 g/mol. The molecular formula is C34H38O3. The highest BCUT2D eigenvalue weighted by Gasteiger charge is 2.19. The zero-order valence-corrected chi connectivity index (χ0v) is 22.4. The van der Waals surface area contributed by atoms with E-state index in [1.54, 1.807) is 0 Å². The minimum Gasteiger partial charge on any atom is -0.461 e. The van der Waals surface area contributed by atoms with Crippen LogP contribution in [0.15, 0.2) is 103 Å². The first-order valence-electron chi connectivity index (χ1n) is 13.4. The molecule has 0 aliphatic carbocycles. The van der Waals surface area contributed by atoms with Crippen LogP contribution in [0.3, 0.4) is 0 Å². The number of rotatable bonds is 12. The van der Waals surface area contributed by atoms with Crippen LogP contribution in [-0.4, -0.2) is 6.29 Å². The molecule has 0 fully saturated rings. The Balaban J connectivity index is 1.50. The Morgan fingerprint density at radius 1 is 0.649 bits per heavy atom. The quantitative estimate of drug-likeness (QED) is 0.111. The Hall–Kier alpha value is -3.56. The third-order valence-electron chi connectivity index (χ3n) is 6.99. The maximum Gasteiger partial charge on any atom is 0.239 e. The molecule has 4 rings (SSSR count). The molecule has 0 heterocycles. The van der Waals surface area contributed by atoms with Gasteiger partial charge in [0.2, 0.25) is 6.29 Å². The summed E-state index contributed by atoms with van der Waals surface area (Å²) in [6.07, 6.45) is 2.97. The average molecular weight is 495 g/mol. The zero-order chi connectivity index (χ0) is 26.0. The average Bonchev–Trinajstić information content (AvgIpc) is 2.95. The summed E-state index contributed by atoms with van der Waals surface area (Å²) in [5, 5.41) is 0. The topological polar surface area (TPSA) is 27.7 Å². The molecule has 37 heavy (non-hydrogen) atoms. The second-order valence-electron chi connectivity index (χ2n) is 9.63. The van der Waals surface area contributed by atoms with Crippen molar-refractivity contribution in [3.63, 3.8) is 0 Å². The maximum atomic E-state index is 6.06. The molecule has 3 heteroatoms. The van der Waals surface area contributed by atoms with Crippen LogP contribution in [0.1, 0.15) is 58.4 Å². The van der Waals surface area contributed by atoms with Crippen molar-refractivity contribution in [2.24, 2.45) is 5.92 Å². The molecule has 3 nitrogen and oxygen atoms in total. The van der Waals surface area contributed by atoms with Gasteiger partial charge in [-0.15, -0.1) is 4.89 Å². The molecule has 0 bridgehead atoms. The van der Waals surface area contributed by atoms with Gasteiger partial charge in [0.05, 0.1) is 0 Å². The van der Waals surface area contributed by atoms with E-state index in [2.05, 4.69) is 69.3 Å². The van der Waals surface area contributed by atoms with Gasteiger partial charge in [0, 0.05) is 18.1 Å². The highest BCUT2D eigenvalue weighted by Crippen LogP contribution is 2.39. The van der Waals surface area contributed by atoms with E-state index in [1.807, 2.05) is 61.5 Å². The van der Waals surface area contributed by atoms with Gasteiger partial charge in [-0.05, 0) is 47.1 Å². The van der Waals surface area contributed by atoms with Crippen LogP contribution in [0.25, 0.3) is 22.3 Å². The van der Waals surface area contributed by atoms with Crippen LogP contribution >= 0.6 is 0 Å². The number of para-hydroxylation sites is 1. The molecule has 0 N–H and O–H groups in total. The van der Waals surface area contributed by atoms with Gasteiger partial charge in [-0.1, -0.05) is 125 Å². The lowest BCUT2D eigenvalue weighted by atomic mass is 9.82. The van der Waals surface area contributed by atoms with Gasteiger partial charge in [-0.25, -0.2) is 0 Å². The van der Waals surface area contributed by atoms with Crippen molar-refractivity contribution in [2.45, 2.75) is 59.2 Å². The van der Waals surface area contributed by atoms with Crippen molar-refractivity contribution < 1.29 is 14.5 Å². The van der Waals surface area contributed by atoms with E-state index in [0.717, 1.165) is 28.0 Å². The van der Waals surface area contributed by atoms with E-state index >= 15 is 0 Å².